The first-order chi connectivity index (χ1) is 12.8. The van der Waals surface area contributed by atoms with Crippen molar-refractivity contribution in [2.45, 2.75) is 17.9 Å². The Morgan fingerprint density at radius 1 is 1.15 bits per heavy atom. The molecule has 1 amide bonds. The van der Waals surface area contributed by atoms with Crippen molar-refractivity contribution in [3.05, 3.63) is 59.7 Å². The minimum Gasteiger partial charge on any atom is -0.465 e. The molecule has 1 aliphatic rings. The van der Waals surface area contributed by atoms with Gasteiger partial charge in [-0.3, -0.25) is 14.5 Å². The van der Waals surface area contributed by atoms with E-state index in [4.69, 9.17) is 0 Å². The summed E-state index contributed by atoms with van der Waals surface area (Å²) in [5, 5.41) is 2.65. The molecule has 1 heterocycles. The molecular weight excluding hydrogens is 370 g/mol. The van der Waals surface area contributed by atoms with Crippen LogP contribution in [0.15, 0.2) is 58.4 Å². The second-order valence-electron chi connectivity index (χ2n) is 5.82. The number of nitrogens with one attached hydrogen (secondary N) is 2. The van der Waals surface area contributed by atoms with E-state index in [1.54, 1.807) is 43.3 Å². The van der Waals surface area contributed by atoms with E-state index in [1.807, 2.05) is 0 Å². The van der Waals surface area contributed by atoms with Crippen LogP contribution < -0.4 is 10.0 Å². The maximum Gasteiger partial charge on any atom is 0.337 e. The van der Waals surface area contributed by atoms with Crippen molar-refractivity contribution < 1.29 is 22.7 Å². The predicted octanol–water partition coefficient (Wildman–Crippen LogP) is 1.54. The summed E-state index contributed by atoms with van der Waals surface area (Å²) in [7, 11) is -2.40. The smallest absolute Gasteiger partial charge is 0.337 e. The molecule has 0 unspecified atom stereocenters. The molecule has 2 N–H and O–H groups in total. The lowest BCUT2D eigenvalue weighted by Crippen LogP contribution is -2.29. The lowest BCUT2D eigenvalue weighted by molar-refractivity contribution is -0.117. The number of sulfonamides is 1. The van der Waals surface area contributed by atoms with Gasteiger partial charge < -0.3 is 10.1 Å². The van der Waals surface area contributed by atoms with Crippen molar-refractivity contribution in [2.75, 3.05) is 12.4 Å². The van der Waals surface area contributed by atoms with Crippen LogP contribution in [0.5, 0.6) is 0 Å². The molecule has 0 saturated carbocycles. The highest BCUT2D eigenvalue weighted by Gasteiger charge is 2.31. The molecule has 0 fully saturated rings. The number of carbonyl (C=O) groups is 2. The van der Waals surface area contributed by atoms with Gasteiger partial charge in [-0.05, 0) is 37.3 Å². The molecule has 8 nitrogen and oxygen atoms in total. The molecule has 2 aromatic carbocycles. The first kappa shape index (κ1) is 18.6. The second kappa shape index (κ2) is 7.20. The Hall–Kier alpha value is -3.20. The van der Waals surface area contributed by atoms with Gasteiger partial charge in [0.15, 0.2) is 0 Å². The molecule has 2 aromatic rings. The van der Waals surface area contributed by atoms with Gasteiger partial charge in [-0.2, -0.15) is 0 Å². The quantitative estimate of drug-likeness (QED) is 0.773. The van der Waals surface area contributed by atoms with Gasteiger partial charge in [0, 0.05) is 11.3 Å². The van der Waals surface area contributed by atoms with Crippen LogP contribution in [0.4, 0.5) is 5.69 Å². The first-order valence-electron chi connectivity index (χ1n) is 8.01. The van der Waals surface area contributed by atoms with Crippen LogP contribution in [-0.4, -0.2) is 39.3 Å². The average Bonchev–Trinajstić information content (AvgIpc) is 2.91. The van der Waals surface area contributed by atoms with Crippen molar-refractivity contribution in [3.8, 4) is 0 Å². The number of carbonyl (C=O) groups excluding carboxylic acids is 2. The maximum absolute atomic E-state index is 12.4. The standard InChI is InChI=1S/C18H17N3O5S/c1-11(17(22)20-13-7-5-6-12(10-13)18(23)26-2)19-16-14-8-3-4-9-15(14)27(24,25)21-16/h3-11H,1-2H3,(H,19,21)(H,20,22)/t11-/m0/s1. The molecule has 0 spiro atoms. The SMILES string of the molecule is COC(=O)c1cccc(NC(=O)[C@H](C)N=C2NS(=O)(=O)c3ccccc32)c1. The number of ether oxygens (including phenoxy) is 1. The van der Waals surface area contributed by atoms with Crippen LogP contribution >= 0.6 is 0 Å². The molecule has 0 bridgehead atoms. The van der Waals surface area contributed by atoms with Gasteiger partial charge >= 0.3 is 5.97 Å². The molecule has 0 aromatic heterocycles. The fraction of sp³-hybridized carbons (Fsp3) is 0.167. The predicted molar refractivity (Wildman–Crippen MR) is 99.2 cm³/mol. The molecule has 9 heteroatoms. The summed E-state index contributed by atoms with van der Waals surface area (Å²) < 4.78 is 31.2. The van der Waals surface area contributed by atoms with Gasteiger partial charge in [0.1, 0.15) is 11.9 Å². The van der Waals surface area contributed by atoms with E-state index in [-0.39, 0.29) is 10.7 Å². The highest BCUT2D eigenvalue weighted by molar-refractivity contribution is 7.90. The van der Waals surface area contributed by atoms with Crippen LogP contribution in [0.1, 0.15) is 22.8 Å². The summed E-state index contributed by atoms with van der Waals surface area (Å²) in [5.41, 5.74) is 1.12. The molecular formula is C18H17N3O5S. The largest absolute Gasteiger partial charge is 0.465 e. The molecule has 0 saturated heterocycles. The molecule has 1 aliphatic heterocycles. The molecule has 0 radical (unpaired) electrons. The molecule has 3 rings (SSSR count). The number of nitrogens with zero attached hydrogens (tertiary/aromatic N) is 1. The van der Waals surface area contributed by atoms with E-state index < -0.39 is 27.9 Å². The number of amidine groups is 1. The fourth-order valence-electron chi connectivity index (χ4n) is 2.57. The normalized spacial score (nSPS) is 16.9. The number of methoxy groups -OCH3 is 1. The summed E-state index contributed by atoms with van der Waals surface area (Å²) in [6, 6.07) is 11.8. The number of aliphatic imine (C=N–C) groups is 1. The fourth-order valence-corrected chi connectivity index (χ4v) is 3.81. The van der Waals surface area contributed by atoms with Crippen LogP contribution in [-0.2, 0) is 19.6 Å². The Balaban J connectivity index is 1.79. The zero-order valence-electron chi connectivity index (χ0n) is 14.6. The lowest BCUT2D eigenvalue weighted by atomic mass is 10.2. The zero-order valence-corrected chi connectivity index (χ0v) is 15.4. The number of esters is 1. The Morgan fingerprint density at radius 3 is 2.63 bits per heavy atom. The monoisotopic (exact) mass is 387 g/mol. The summed E-state index contributed by atoms with van der Waals surface area (Å²) in [6.07, 6.45) is 0. The molecule has 0 aliphatic carbocycles. The Morgan fingerprint density at radius 2 is 1.89 bits per heavy atom. The lowest BCUT2D eigenvalue weighted by Gasteiger charge is -2.10. The molecule has 1 atom stereocenters. The van der Waals surface area contributed by atoms with Crippen LogP contribution in [0.3, 0.4) is 0 Å². The molecule has 27 heavy (non-hydrogen) atoms. The number of hydrogen-bond acceptors (Lipinski definition) is 6. The van der Waals surface area contributed by atoms with Gasteiger partial charge in [-0.15, -0.1) is 0 Å². The summed E-state index contributed by atoms with van der Waals surface area (Å²) in [5.74, 6) is -0.846. The van der Waals surface area contributed by atoms with Gasteiger partial charge in [0.2, 0.25) is 5.91 Å². The molecule has 140 valence electrons. The van der Waals surface area contributed by atoms with E-state index in [1.165, 1.54) is 19.2 Å². The van der Waals surface area contributed by atoms with Gasteiger partial charge in [-0.1, -0.05) is 18.2 Å². The minimum atomic E-state index is -3.67. The van der Waals surface area contributed by atoms with Crippen LogP contribution in [0.25, 0.3) is 0 Å². The Labute approximate surface area is 156 Å². The van der Waals surface area contributed by atoms with Gasteiger partial charge in [0.25, 0.3) is 10.0 Å². The van der Waals surface area contributed by atoms with E-state index in [2.05, 4.69) is 19.8 Å². The average molecular weight is 387 g/mol. The van der Waals surface area contributed by atoms with E-state index in [0.29, 0.717) is 16.8 Å². The zero-order chi connectivity index (χ0) is 19.6. The number of anilines is 1. The van der Waals surface area contributed by atoms with Crippen molar-refractivity contribution >= 4 is 33.4 Å². The summed E-state index contributed by atoms with van der Waals surface area (Å²) >= 11 is 0. The second-order valence-corrected chi connectivity index (χ2v) is 7.47. The van der Waals surface area contributed by atoms with Crippen molar-refractivity contribution in [1.29, 1.82) is 0 Å². The van der Waals surface area contributed by atoms with Crippen molar-refractivity contribution in [1.82, 2.24) is 4.72 Å². The van der Waals surface area contributed by atoms with Crippen molar-refractivity contribution in [3.63, 3.8) is 0 Å². The third kappa shape index (κ3) is 3.82. The Bertz CT molecular complexity index is 1050. The number of amides is 1. The van der Waals surface area contributed by atoms with Gasteiger partial charge in [0.05, 0.1) is 17.6 Å². The van der Waals surface area contributed by atoms with E-state index >= 15 is 0 Å². The highest BCUT2D eigenvalue weighted by atomic mass is 32.2. The summed E-state index contributed by atoms with van der Waals surface area (Å²) in [4.78, 5) is 28.3. The van der Waals surface area contributed by atoms with Crippen LogP contribution in [0, 0.1) is 0 Å². The van der Waals surface area contributed by atoms with Crippen molar-refractivity contribution in [2.24, 2.45) is 4.99 Å². The third-order valence-corrected chi connectivity index (χ3v) is 5.31. The first-order valence-corrected chi connectivity index (χ1v) is 9.49. The van der Waals surface area contributed by atoms with E-state index in [0.717, 1.165) is 0 Å². The number of benzene rings is 2. The van der Waals surface area contributed by atoms with E-state index in [9.17, 15) is 18.0 Å². The number of hydrogen-bond donors (Lipinski definition) is 2. The third-order valence-electron chi connectivity index (χ3n) is 3.92. The highest BCUT2D eigenvalue weighted by Crippen LogP contribution is 2.22. The number of fused-ring (bicyclic) bond motifs is 1. The van der Waals surface area contributed by atoms with Crippen LogP contribution in [0.2, 0.25) is 0 Å². The minimum absolute atomic E-state index is 0.122. The Kier molecular flexibility index (Phi) is 4.95. The maximum atomic E-state index is 12.4. The van der Waals surface area contributed by atoms with Gasteiger partial charge in [-0.25, -0.2) is 13.2 Å². The topological polar surface area (TPSA) is 114 Å². The summed E-state index contributed by atoms with van der Waals surface area (Å²) in [6.45, 7) is 1.54. The number of rotatable bonds is 4.